The van der Waals surface area contributed by atoms with Crippen LogP contribution in [-0.2, 0) is 0 Å². The highest BCUT2D eigenvalue weighted by atomic mass is 32.1. The highest BCUT2D eigenvalue weighted by Crippen LogP contribution is 2.24. The van der Waals surface area contributed by atoms with E-state index in [1.807, 2.05) is 17.5 Å². The van der Waals surface area contributed by atoms with Crippen LogP contribution in [0.1, 0.15) is 31.1 Å². The Hall–Kier alpha value is -1.46. The van der Waals surface area contributed by atoms with Crippen molar-refractivity contribution in [1.29, 1.82) is 0 Å². The fraction of sp³-hybridized carbons (Fsp3) is 0.385. The Labute approximate surface area is 109 Å². The number of nitrogens with zero attached hydrogens (tertiary/aromatic N) is 1. The molecule has 1 fully saturated rings. The van der Waals surface area contributed by atoms with Gasteiger partial charge in [-0.15, -0.1) is 11.3 Å². The van der Waals surface area contributed by atoms with Crippen molar-refractivity contribution in [3.05, 3.63) is 39.8 Å². The molecular formula is C13H15N3OS. The molecule has 94 valence electrons. The quantitative estimate of drug-likeness (QED) is 0.872. The topological polar surface area (TPSA) is 57.8 Å². The third kappa shape index (κ3) is 2.37. The number of rotatable bonds is 2. The highest BCUT2D eigenvalue weighted by Gasteiger charge is 2.17. The predicted molar refractivity (Wildman–Crippen MR) is 72.8 cm³/mol. The summed E-state index contributed by atoms with van der Waals surface area (Å²) in [5.41, 5.74) is 0.701. The van der Waals surface area contributed by atoms with Crippen molar-refractivity contribution in [1.82, 2.24) is 15.3 Å². The molecule has 2 aromatic heterocycles. The first-order valence-corrected chi connectivity index (χ1v) is 7.09. The zero-order valence-corrected chi connectivity index (χ0v) is 10.8. The third-order valence-corrected chi connectivity index (χ3v) is 4.07. The Kier molecular flexibility index (Phi) is 3.25. The molecule has 0 aromatic carbocycles. The van der Waals surface area contributed by atoms with E-state index in [1.165, 1.54) is 12.8 Å². The summed E-state index contributed by atoms with van der Waals surface area (Å²) < 4.78 is 0. The first-order valence-electron chi connectivity index (χ1n) is 6.21. The monoisotopic (exact) mass is 261 g/mol. The van der Waals surface area contributed by atoms with Crippen molar-refractivity contribution < 1.29 is 0 Å². The van der Waals surface area contributed by atoms with E-state index in [9.17, 15) is 4.79 Å². The van der Waals surface area contributed by atoms with Gasteiger partial charge in [0, 0.05) is 6.07 Å². The Morgan fingerprint density at radius 3 is 3.06 bits per heavy atom. The number of hydrogen-bond acceptors (Lipinski definition) is 4. The zero-order valence-electron chi connectivity index (χ0n) is 9.98. The molecular weight excluding hydrogens is 246 g/mol. The molecule has 0 spiro atoms. The van der Waals surface area contributed by atoms with Crippen LogP contribution in [0.2, 0.25) is 0 Å². The average Bonchev–Trinajstić information content (AvgIpc) is 2.93. The molecule has 18 heavy (non-hydrogen) atoms. The van der Waals surface area contributed by atoms with Gasteiger partial charge in [-0.05, 0) is 30.8 Å². The largest absolute Gasteiger partial charge is 0.309 e. The van der Waals surface area contributed by atoms with Crippen molar-refractivity contribution in [3.8, 4) is 10.6 Å². The second kappa shape index (κ2) is 5.04. The van der Waals surface area contributed by atoms with Crippen LogP contribution < -0.4 is 10.9 Å². The van der Waals surface area contributed by atoms with E-state index in [2.05, 4.69) is 15.3 Å². The lowest BCUT2D eigenvalue weighted by atomic mass is 10.0. The number of H-pyrrole nitrogens is 1. The first kappa shape index (κ1) is 11.6. The van der Waals surface area contributed by atoms with Gasteiger partial charge in [0.05, 0.1) is 16.6 Å². The SMILES string of the molecule is O=c1cc(-c2cccs2)nc(C2CCCCN2)[nH]1. The minimum absolute atomic E-state index is 0.0734. The molecule has 4 nitrogen and oxygen atoms in total. The van der Waals surface area contributed by atoms with Crippen molar-refractivity contribution in [3.63, 3.8) is 0 Å². The molecule has 5 heteroatoms. The summed E-state index contributed by atoms with van der Waals surface area (Å²) in [7, 11) is 0. The summed E-state index contributed by atoms with van der Waals surface area (Å²) in [6, 6.07) is 5.72. The highest BCUT2D eigenvalue weighted by molar-refractivity contribution is 7.13. The van der Waals surface area contributed by atoms with Crippen molar-refractivity contribution in [2.45, 2.75) is 25.3 Å². The first-order chi connectivity index (χ1) is 8.83. The van der Waals surface area contributed by atoms with Crippen LogP contribution in [0.25, 0.3) is 10.6 Å². The molecule has 0 saturated carbocycles. The molecule has 2 aromatic rings. The van der Waals surface area contributed by atoms with Gasteiger partial charge in [-0.1, -0.05) is 12.5 Å². The van der Waals surface area contributed by atoms with Crippen LogP contribution in [0.5, 0.6) is 0 Å². The van der Waals surface area contributed by atoms with Gasteiger partial charge in [0.2, 0.25) is 0 Å². The zero-order chi connectivity index (χ0) is 12.4. The second-order valence-corrected chi connectivity index (χ2v) is 5.44. The van der Waals surface area contributed by atoms with E-state index in [0.717, 1.165) is 29.4 Å². The fourth-order valence-corrected chi connectivity index (χ4v) is 2.96. The summed E-state index contributed by atoms with van der Waals surface area (Å²) in [4.78, 5) is 20.2. The van der Waals surface area contributed by atoms with Crippen LogP contribution in [0.15, 0.2) is 28.4 Å². The smallest absolute Gasteiger partial charge is 0.251 e. The van der Waals surface area contributed by atoms with Gasteiger partial charge < -0.3 is 10.3 Å². The number of hydrogen-bond donors (Lipinski definition) is 2. The molecule has 1 aliphatic heterocycles. The molecule has 3 heterocycles. The van der Waals surface area contributed by atoms with Crippen molar-refractivity contribution in [2.75, 3.05) is 6.54 Å². The maximum Gasteiger partial charge on any atom is 0.251 e. The number of piperidine rings is 1. The average molecular weight is 261 g/mol. The summed E-state index contributed by atoms with van der Waals surface area (Å²) in [6.07, 6.45) is 3.42. The maximum atomic E-state index is 11.7. The molecule has 1 atom stereocenters. The van der Waals surface area contributed by atoms with Gasteiger partial charge in [0.15, 0.2) is 0 Å². The van der Waals surface area contributed by atoms with Crippen LogP contribution >= 0.6 is 11.3 Å². The van der Waals surface area contributed by atoms with Crippen LogP contribution in [-0.4, -0.2) is 16.5 Å². The molecule has 1 aliphatic rings. The summed E-state index contributed by atoms with van der Waals surface area (Å²) >= 11 is 1.60. The van der Waals surface area contributed by atoms with Gasteiger partial charge in [0.1, 0.15) is 5.82 Å². The van der Waals surface area contributed by atoms with Crippen molar-refractivity contribution >= 4 is 11.3 Å². The lowest BCUT2D eigenvalue weighted by Crippen LogP contribution is -2.30. The summed E-state index contributed by atoms with van der Waals surface area (Å²) in [6.45, 7) is 0.998. The lowest BCUT2D eigenvalue weighted by Gasteiger charge is -2.22. The maximum absolute atomic E-state index is 11.7. The molecule has 0 aliphatic carbocycles. The van der Waals surface area contributed by atoms with Gasteiger partial charge in [-0.2, -0.15) is 0 Å². The summed E-state index contributed by atoms with van der Waals surface area (Å²) in [5.74, 6) is 0.769. The van der Waals surface area contributed by atoms with Gasteiger partial charge in [0.25, 0.3) is 5.56 Å². The van der Waals surface area contributed by atoms with Crippen LogP contribution in [0, 0.1) is 0 Å². The minimum atomic E-state index is -0.0734. The van der Waals surface area contributed by atoms with Crippen molar-refractivity contribution in [2.24, 2.45) is 0 Å². The number of aromatic amines is 1. The third-order valence-electron chi connectivity index (χ3n) is 3.17. The van der Waals surface area contributed by atoms with Crippen LogP contribution in [0.3, 0.4) is 0 Å². The van der Waals surface area contributed by atoms with E-state index in [4.69, 9.17) is 0 Å². The Balaban J connectivity index is 1.98. The van der Waals surface area contributed by atoms with Crippen LogP contribution in [0.4, 0.5) is 0 Å². The number of aromatic nitrogens is 2. The molecule has 1 saturated heterocycles. The predicted octanol–water partition coefficient (Wildman–Crippen LogP) is 2.31. The van der Waals surface area contributed by atoms with Gasteiger partial charge in [-0.25, -0.2) is 4.98 Å². The standard InChI is InChI=1S/C13H15N3OS/c17-12-8-10(11-5-3-7-18-11)15-13(16-12)9-4-1-2-6-14-9/h3,5,7-9,14H,1-2,4,6H2,(H,15,16,17). The molecule has 0 radical (unpaired) electrons. The summed E-state index contributed by atoms with van der Waals surface area (Å²) in [5, 5.41) is 5.40. The number of thiophene rings is 1. The van der Waals surface area contributed by atoms with Gasteiger partial charge in [-0.3, -0.25) is 4.79 Å². The van der Waals surface area contributed by atoms with E-state index in [0.29, 0.717) is 0 Å². The van der Waals surface area contributed by atoms with E-state index >= 15 is 0 Å². The van der Waals surface area contributed by atoms with E-state index < -0.39 is 0 Å². The van der Waals surface area contributed by atoms with E-state index in [1.54, 1.807) is 17.4 Å². The molecule has 0 amide bonds. The van der Waals surface area contributed by atoms with E-state index in [-0.39, 0.29) is 11.6 Å². The fourth-order valence-electron chi connectivity index (χ4n) is 2.28. The van der Waals surface area contributed by atoms with Gasteiger partial charge >= 0.3 is 0 Å². The Morgan fingerprint density at radius 2 is 2.33 bits per heavy atom. The minimum Gasteiger partial charge on any atom is -0.309 e. The number of nitrogens with one attached hydrogen (secondary N) is 2. The Morgan fingerprint density at radius 1 is 1.39 bits per heavy atom. The molecule has 1 unspecified atom stereocenters. The molecule has 2 N–H and O–H groups in total. The Bertz CT molecular complexity index is 570. The lowest BCUT2D eigenvalue weighted by molar-refractivity contribution is 0.397. The normalized spacial score (nSPS) is 19.9. The molecule has 3 rings (SSSR count). The molecule has 0 bridgehead atoms. The second-order valence-electron chi connectivity index (χ2n) is 4.50.